The van der Waals surface area contributed by atoms with Crippen molar-refractivity contribution >= 4 is 11.9 Å². The smallest absolute Gasteiger partial charge is 0.325 e. The highest BCUT2D eigenvalue weighted by atomic mass is 19.1. The molecule has 3 amide bonds. The van der Waals surface area contributed by atoms with Crippen molar-refractivity contribution in [3.8, 4) is 0 Å². The van der Waals surface area contributed by atoms with E-state index in [2.05, 4.69) is 22.4 Å². The summed E-state index contributed by atoms with van der Waals surface area (Å²) in [6.45, 7) is 3.50. The molecule has 3 aliphatic rings. The van der Waals surface area contributed by atoms with Gasteiger partial charge in [-0.25, -0.2) is 9.18 Å². The van der Waals surface area contributed by atoms with Crippen molar-refractivity contribution in [1.29, 1.82) is 0 Å². The quantitative estimate of drug-likeness (QED) is 0.494. The number of hydrogen-bond acceptors (Lipinski definition) is 4. The molecule has 0 aromatic heterocycles. The predicted octanol–water partition coefficient (Wildman–Crippen LogP) is 3.37. The zero-order valence-electron chi connectivity index (χ0n) is 18.9. The number of likely N-dealkylation sites (tertiary alicyclic amines) is 1. The molecule has 1 aromatic carbocycles. The van der Waals surface area contributed by atoms with E-state index in [1.807, 2.05) is 0 Å². The van der Waals surface area contributed by atoms with Crippen molar-refractivity contribution in [3.05, 3.63) is 47.8 Å². The molecule has 0 bridgehead atoms. The number of imide groups is 1. The number of carbonyl (C=O) groups is 2. The Labute approximate surface area is 189 Å². The molecular formula is C25H34FN3O3. The van der Waals surface area contributed by atoms with E-state index in [-0.39, 0.29) is 30.2 Å². The first-order valence-electron chi connectivity index (χ1n) is 11.8. The number of allylic oxidation sites excluding steroid dienone is 2. The fraction of sp³-hybridized carbons (Fsp3) is 0.600. The number of benzene rings is 1. The van der Waals surface area contributed by atoms with Crippen LogP contribution in [0.4, 0.5) is 9.18 Å². The summed E-state index contributed by atoms with van der Waals surface area (Å²) in [5.74, 6) is 0.262. The van der Waals surface area contributed by atoms with Gasteiger partial charge in [0.2, 0.25) is 0 Å². The van der Waals surface area contributed by atoms with Crippen LogP contribution in [0.25, 0.3) is 0 Å². The molecule has 2 heterocycles. The number of piperidine rings is 1. The minimum Gasteiger partial charge on any atom is -0.383 e. The number of hydrogen-bond donors (Lipinski definition) is 1. The van der Waals surface area contributed by atoms with E-state index in [0.717, 1.165) is 44.5 Å². The fourth-order valence-corrected chi connectivity index (χ4v) is 5.49. The van der Waals surface area contributed by atoms with Gasteiger partial charge in [0, 0.05) is 20.1 Å². The third-order valence-corrected chi connectivity index (χ3v) is 7.30. The van der Waals surface area contributed by atoms with E-state index in [9.17, 15) is 14.0 Å². The van der Waals surface area contributed by atoms with Gasteiger partial charge in [-0.1, -0.05) is 24.3 Å². The molecule has 1 N–H and O–H groups in total. The van der Waals surface area contributed by atoms with Crippen LogP contribution in [0.3, 0.4) is 0 Å². The summed E-state index contributed by atoms with van der Waals surface area (Å²) < 4.78 is 18.6. The van der Waals surface area contributed by atoms with E-state index < -0.39 is 5.54 Å². The van der Waals surface area contributed by atoms with Crippen LogP contribution < -0.4 is 5.32 Å². The predicted molar refractivity (Wildman–Crippen MR) is 121 cm³/mol. The molecule has 0 radical (unpaired) electrons. The van der Waals surface area contributed by atoms with Gasteiger partial charge in [-0.05, 0) is 74.7 Å². The molecule has 2 fully saturated rings. The number of rotatable bonds is 8. The van der Waals surface area contributed by atoms with Gasteiger partial charge in [-0.2, -0.15) is 0 Å². The maximum absolute atomic E-state index is 13.6. The molecule has 2 aliphatic heterocycles. The van der Waals surface area contributed by atoms with Crippen molar-refractivity contribution in [3.63, 3.8) is 0 Å². The van der Waals surface area contributed by atoms with Gasteiger partial charge >= 0.3 is 6.03 Å². The number of halogens is 1. The van der Waals surface area contributed by atoms with Gasteiger partial charge < -0.3 is 15.0 Å². The molecule has 0 spiro atoms. The second kappa shape index (κ2) is 10.1. The number of carbonyl (C=O) groups excluding carboxylic acids is 2. The molecule has 174 valence electrons. The van der Waals surface area contributed by atoms with Crippen LogP contribution in [0.5, 0.6) is 0 Å². The molecule has 7 heteroatoms. The Kier molecular flexibility index (Phi) is 7.26. The van der Waals surface area contributed by atoms with Gasteiger partial charge in [0.05, 0.1) is 13.2 Å². The lowest BCUT2D eigenvalue weighted by molar-refractivity contribution is -0.134. The maximum atomic E-state index is 13.6. The maximum Gasteiger partial charge on any atom is 0.325 e. The van der Waals surface area contributed by atoms with E-state index in [1.165, 1.54) is 29.9 Å². The second-order valence-electron chi connectivity index (χ2n) is 9.38. The lowest BCUT2D eigenvalue weighted by atomic mass is 9.73. The lowest BCUT2D eigenvalue weighted by Gasteiger charge is -2.42. The van der Waals surface area contributed by atoms with Crippen molar-refractivity contribution in [2.45, 2.75) is 44.1 Å². The molecule has 0 unspecified atom stereocenters. The summed E-state index contributed by atoms with van der Waals surface area (Å²) in [5.41, 5.74) is -0.132. The van der Waals surface area contributed by atoms with Crippen LogP contribution in [0.2, 0.25) is 0 Å². The number of amides is 3. The number of ether oxygens (including phenoxy) is 1. The highest BCUT2D eigenvalue weighted by molar-refractivity contribution is 6.07. The average molecular weight is 444 g/mol. The molecule has 2 saturated heterocycles. The Bertz CT molecular complexity index is 835. The first kappa shape index (κ1) is 22.9. The standard InChI is InChI=1S/C25H34FN3O3/c1-32-16-15-29-23(30)25(27-24(29)31,17-19-7-9-22(26)10-8-19)21-11-13-28(14-12-21)18-20-5-3-2-4-6-20/h2-3,7-10,20-21H,4-6,11-18H2,1H3,(H,27,31)/t20-,25+/m1/s1. The minimum absolute atomic E-state index is 0.0408. The molecule has 1 aliphatic carbocycles. The van der Waals surface area contributed by atoms with Crippen LogP contribution in [-0.2, 0) is 16.0 Å². The molecule has 1 aromatic rings. The number of urea groups is 1. The molecule has 2 atom stereocenters. The summed E-state index contributed by atoms with van der Waals surface area (Å²) in [5, 5.41) is 3.07. The average Bonchev–Trinajstić information content (AvgIpc) is 3.05. The van der Waals surface area contributed by atoms with Crippen LogP contribution >= 0.6 is 0 Å². The second-order valence-corrected chi connectivity index (χ2v) is 9.38. The molecule has 32 heavy (non-hydrogen) atoms. The monoisotopic (exact) mass is 443 g/mol. The van der Waals surface area contributed by atoms with E-state index in [0.29, 0.717) is 18.9 Å². The molecule has 4 rings (SSSR count). The van der Waals surface area contributed by atoms with Crippen LogP contribution in [0, 0.1) is 17.7 Å². The van der Waals surface area contributed by atoms with Crippen molar-refractivity contribution in [1.82, 2.24) is 15.1 Å². The van der Waals surface area contributed by atoms with Gasteiger partial charge in [0.15, 0.2) is 0 Å². The summed E-state index contributed by atoms with van der Waals surface area (Å²) in [6, 6.07) is 5.88. The first-order valence-corrected chi connectivity index (χ1v) is 11.8. The highest BCUT2D eigenvalue weighted by Crippen LogP contribution is 2.37. The van der Waals surface area contributed by atoms with Crippen molar-refractivity contribution in [2.75, 3.05) is 39.9 Å². The lowest BCUT2D eigenvalue weighted by Crippen LogP contribution is -2.58. The number of nitrogens with zero attached hydrogens (tertiary/aromatic N) is 2. The molecule has 0 saturated carbocycles. The summed E-state index contributed by atoms with van der Waals surface area (Å²) in [4.78, 5) is 30.2. The zero-order chi connectivity index (χ0) is 22.6. The SMILES string of the molecule is COCCN1C(=O)N[C@@](Cc2ccc(F)cc2)(C2CCN(C[C@@H]3CC=CCC3)CC2)C1=O. The van der Waals surface area contributed by atoms with Crippen molar-refractivity contribution in [2.24, 2.45) is 11.8 Å². The summed E-state index contributed by atoms with van der Waals surface area (Å²) in [7, 11) is 1.56. The van der Waals surface area contributed by atoms with Gasteiger partial charge in [0.25, 0.3) is 5.91 Å². The normalized spacial score (nSPS) is 27.2. The molecular weight excluding hydrogens is 409 g/mol. The van der Waals surface area contributed by atoms with Crippen LogP contribution in [0.15, 0.2) is 36.4 Å². The topological polar surface area (TPSA) is 61.9 Å². The first-order chi connectivity index (χ1) is 15.5. The van der Waals surface area contributed by atoms with E-state index in [1.54, 1.807) is 19.2 Å². The van der Waals surface area contributed by atoms with Crippen molar-refractivity contribution < 1.29 is 18.7 Å². The Hall–Kier alpha value is -2.25. The van der Waals surface area contributed by atoms with Gasteiger partial charge in [0.1, 0.15) is 11.4 Å². The zero-order valence-corrected chi connectivity index (χ0v) is 18.9. The van der Waals surface area contributed by atoms with Crippen LogP contribution in [0.1, 0.15) is 37.7 Å². The Morgan fingerprint density at radius 3 is 2.53 bits per heavy atom. The van der Waals surface area contributed by atoms with Crippen LogP contribution in [-0.4, -0.2) is 67.2 Å². The number of nitrogens with one attached hydrogen (secondary N) is 1. The Balaban J connectivity index is 1.49. The molecule has 6 nitrogen and oxygen atoms in total. The Morgan fingerprint density at radius 1 is 1.12 bits per heavy atom. The summed E-state index contributed by atoms with van der Waals surface area (Å²) >= 11 is 0. The van der Waals surface area contributed by atoms with E-state index in [4.69, 9.17) is 4.74 Å². The minimum atomic E-state index is -0.984. The van der Waals surface area contributed by atoms with Gasteiger partial charge in [-0.3, -0.25) is 9.69 Å². The Morgan fingerprint density at radius 2 is 1.88 bits per heavy atom. The van der Waals surface area contributed by atoms with Gasteiger partial charge in [-0.15, -0.1) is 0 Å². The third-order valence-electron chi connectivity index (χ3n) is 7.30. The summed E-state index contributed by atoms with van der Waals surface area (Å²) in [6.07, 6.45) is 10.2. The highest BCUT2D eigenvalue weighted by Gasteiger charge is 2.55. The fourth-order valence-electron chi connectivity index (χ4n) is 5.49. The third kappa shape index (κ3) is 4.89. The number of methoxy groups -OCH3 is 1. The van der Waals surface area contributed by atoms with E-state index >= 15 is 0 Å². The largest absolute Gasteiger partial charge is 0.383 e.